The van der Waals surface area contributed by atoms with E-state index < -0.39 is 18.0 Å². The topological polar surface area (TPSA) is 89.0 Å². The lowest BCUT2D eigenvalue weighted by molar-refractivity contribution is -0.139. The molecule has 2 N–H and O–H groups in total. The second-order valence-electron chi connectivity index (χ2n) is 3.39. The Morgan fingerprint density at radius 3 is 2.78 bits per heavy atom. The first-order chi connectivity index (χ1) is 8.53. The van der Waals surface area contributed by atoms with E-state index in [-0.39, 0.29) is 29.9 Å². The molecule has 0 bridgehead atoms. The summed E-state index contributed by atoms with van der Waals surface area (Å²) in [5.74, 6) is -0.668. The highest BCUT2D eigenvalue weighted by Gasteiger charge is 2.21. The van der Waals surface area contributed by atoms with Crippen LogP contribution >= 0.6 is 0 Å². The summed E-state index contributed by atoms with van der Waals surface area (Å²) in [7, 11) is 1.16. The van der Waals surface area contributed by atoms with Gasteiger partial charge >= 0.3 is 5.97 Å². The molecule has 0 aliphatic carbocycles. The Balaban J connectivity index is 3.35. The number of pyridine rings is 1. The Kier molecular flexibility index (Phi) is 4.68. The number of hydrogen-bond acceptors (Lipinski definition) is 5. The number of esters is 1. The SMILES string of the molecule is COC(=O)Cc1c(C(F)F)cc(C#N)nc1CN. The van der Waals surface area contributed by atoms with E-state index in [9.17, 15) is 13.6 Å². The summed E-state index contributed by atoms with van der Waals surface area (Å²) in [6.45, 7) is -0.137. The molecule has 0 unspecified atom stereocenters. The van der Waals surface area contributed by atoms with E-state index in [2.05, 4.69) is 9.72 Å². The average Bonchev–Trinajstić information content (AvgIpc) is 2.38. The summed E-state index contributed by atoms with van der Waals surface area (Å²) in [6.07, 6.45) is -3.16. The number of nitrogens with two attached hydrogens (primary N) is 1. The van der Waals surface area contributed by atoms with Gasteiger partial charge in [-0.25, -0.2) is 13.8 Å². The van der Waals surface area contributed by atoms with E-state index in [1.807, 2.05) is 0 Å². The van der Waals surface area contributed by atoms with Crippen molar-refractivity contribution in [2.45, 2.75) is 19.4 Å². The van der Waals surface area contributed by atoms with Crippen molar-refractivity contribution in [2.75, 3.05) is 7.11 Å². The number of ether oxygens (including phenoxy) is 1. The smallest absolute Gasteiger partial charge is 0.310 e. The van der Waals surface area contributed by atoms with Crippen LogP contribution in [0, 0.1) is 11.3 Å². The van der Waals surface area contributed by atoms with Crippen molar-refractivity contribution in [2.24, 2.45) is 5.73 Å². The molecular weight excluding hydrogens is 244 g/mol. The first kappa shape index (κ1) is 14.0. The van der Waals surface area contributed by atoms with Gasteiger partial charge in [0.1, 0.15) is 11.8 Å². The van der Waals surface area contributed by atoms with Crippen LogP contribution in [-0.4, -0.2) is 18.1 Å². The van der Waals surface area contributed by atoms with Crippen molar-refractivity contribution in [1.29, 1.82) is 5.26 Å². The van der Waals surface area contributed by atoms with E-state index in [1.54, 1.807) is 6.07 Å². The lowest BCUT2D eigenvalue weighted by Crippen LogP contribution is -2.14. The average molecular weight is 255 g/mol. The highest BCUT2D eigenvalue weighted by atomic mass is 19.3. The molecule has 0 atom stereocenters. The number of hydrogen-bond donors (Lipinski definition) is 1. The van der Waals surface area contributed by atoms with Gasteiger partial charge in [-0.05, 0) is 11.6 Å². The third-order valence-corrected chi connectivity index (χ3v) is 2.34. The van der Waals surface area contributed by atoms with Crippen LogP contribution in [0.1, 0.15) is 28.9 Å². The molecule has 0 radical (unpaired) electrons. The number of halogens is 2. The molecule has 96 valence electrons. The molecule has 1 heterocycles. The Hall–Kier alpha value is -2.07. The molecule has 1 aromatic rings. The summed E-state index contributed by atoms with van der Waals surface area (Å²) in [5.41, 5.74) is 4.96. The van der Waals surface area contributed by atoms with E-state index in [4.69, 9.17) is 11.0 Å². The monoisotopic (exact) mass is 255 g/mol. The van der Waals surface area contributed by atoms with Gasteiger partial charge in [0.15, 0.2) is 0 Å². The number of nitrogens with zero attached hydrogens (tertiary/aromatic N) is 2. The first-order valence-corrected chi connectivity index (χ1v) is 5.01. The van der Waals surface area contributed by atoms with Gasteiger partial charge in [0.2, 0.25) is 0 Å². The van der Waals surface area contributed by atoms with Gasteiger partial charge in [-0.1, -0.05) is 0 Å². The minimum absolute atomic E-state index is 0.0263. The Morgan fingerprint density at radius 2 is 2.33 bits per heavy atom. The zero-order valence-corrected chi connectivity index (χ0v) is 9.61. The molecule has 1 aromatic heterocycles. The molecule has 0 fully saturated rings. The van der Waals surface area contributed by atoms with Gasteiger partial charge in [-0.3, -0.25) is 4.79 Å². The molecule has 0 spiro atoms. The molecule has 1 rings (SSSR count). The number of methoxy groups -OCH3 is 1. The largest absolute Gasteiger partial charge is 0.469 e. The fourth-order valence-electron chi connectivity index (χ4n) is 1.49. The predicted octanol–water partition coefficient (Wildman–Crippen LogP) is 1.07. The second kappa shape index (κ2) is 6.02. The zero-order valence-electron chi connectivity index (χ0n) is 9.61. The van der Waals surface area contributed by atoms with E-state index in [0.717, 1.165) is 13.2 Å². The summed E-state index contributed by atoms with van der Waals surface area (Å²) >= 11 is 0. The molecule has 0 saturated heterocycles. The van der Waals surface area contributed by atoms with Crippen LogP contribution in [0.4, 0.5) is 8.78 Å². The maximum Gasteiger partial charge on any atom is 0.310 e. The highest BCUT2D eigenvalue weighted by molar-refractivity contribution is 5.73. The Labute approximate surface area is 102 Å². The van der Waals surface area contributed by atoms with Gasteiger partial charge < -0.3 is 10.5 Å². The third kappa shape index (κ3) is 2.99. The standard InChI is InChI=1S/C11H11F2N3O2/c1-18-10(17)3-7-8(11(12)13)2-6(4-14)16-9(7)5-15/h2,11H,3,5,15H2,1H3. The van der Waals surface area contributed by atoms with Crippen molar-refractivity contribution < 1.29 is 18.3 Å². The van der Waals surface area contributed by atoms with Crippen LogP contribution in [-0.2, 0) is 22.5 Å². The second-order valence-corrected chi connectivity index (χ2v) is 3.39. The molecule has 0 saturated carbocycles. The van der Waals surface area contributed by atoms with Gasteiger partial charge in [0.25, 0.3) is 6.43 Å². The van der Waals surface area contributed by atoms with Crippen LogP contribution in [0.2, 0.25) is 0 Å². The van der Waals surface area contributed by atoms with Gasteiger partial charge in [0.05, 0.1) is 19.2 Å². The van der Waals surface area contributed by atoms with E-state index in [0.29, 0.717) is 0 Å². The molecule has 0 aliphatic rings. The Bertz CT molecular complexity index is 498. The fraction of sp³-hybridized carbons (Fsp3) is 0.364. The summed E-state index contributed by atoms with van der Waals surface area (Å²) in [6, 6.07) is 2.64. The fourth-order valence-corrected chi connectivity index (χ4v) is 1.49. The summed E-state index contributed by atoms with van der Waals surface area (Å²) in [5, 5.41) is 8.69. The number of carbonyl (C=O) groups excluding carboxylic acids is 1. The van der Waals surface area contributed by atoms with E-state index in [1.165, 1.54) is 0 Å². The number of aromatic nitrogens is 1. The quantitative estimate of drug-likeness (QED) is 0.813. The minimum Gasteiger partial charge on any atom is -0.469 e. The molecule has 0 aliphatic heterocycles. The highest BCUT2D eigenvalue weighted by Crippen LogP contribution is 2.26. The number of carbonyl (C=O) groups is 1. The van der Waals surface area contributed by atoms with Crippen LogP contribution in [0.5, 0.6) is 0 Å². The lowest BCUT2D eigenvalue weighted by Gasteiger charge is -2.12. The summed E-state index contributed by atoms with van der Waals surface area (Å²) < 4.78 is 30.2. The molecule has 18 heavy (non-hydrogen) atoms. The van der Waals surface area contributed by atoms with Crippen LogP contribution in [0.25, 0.3) is 0 Å². The normalized spacial score (nSPS) is 10.2. The first-order valence-electron chi connectivity index (χ1n) is 5.01. The number of alkyl halides is 2. The van der Waals surface area contributed by atoms with Gasteiger partial charge in [-0.2, -0.15) is 5.26 Å². The van der Waals surface area contributed by atoms with Crippen molar-refractivity contribution in [1.82, 2.24) is 4.98 Å². The minimum atomic E-state index is -2.81. The van der Waals surface area contributed by atoms with Crippen LogP contribution in [0.3, 0.4) is 0 Å². The zero-order chi connectivity index (χ0) is 13.7. The van der Waals surface area contributed by atoms with Crippen molar-refractivity contribution in [3.05, 3.63) is 28.6 Å². The number of nitriles is 1. The molecule has 0 amide bonds. The maximum atomic E-state index is 12.9. The van der Waals surface area contributed by atoms with Crippen molar-refractivity contribution in [3.63, 3.8) is 0 Å². The van der Waals surface area contributed by atoms with Gasteiger partial charge in [-0.15, -0.1) is 0 Å². The van der Waals surface area contributed by atoms with Crippen LogP contribution in [0.15, 0.2) is 6.07 Å². The van der Waals surface area contributed by atoms with Gasteiger partial charge in [0, 0.05) is 12.1 Å². The van der Waals surface area contributed by atoms with Crippen molar-refractivity contribution in [3.8, 4) is 6.07 Å². The Morgan fingerprint density at radius 1 is 1.67 bits per heavy atom. The summed E-state index contributed by atoms with van der Waals surface area (Å²) in [4.78, 5) is 15.0. The number of rotatable bonds is 4. The predicted molar refractivity (Wildman–Crippen MR) is 57.5 cm³/mol. The molecular formula is C11H11F2N3O2. The molecule has 7 heteroatoms. The van der Waals surface area contributed by atoms with E-state index >= 15 is 0 Å². The lowest BCUT2D eigenvalue weighted by atomic mass is 10.0. The van der Waals surface area contributed by atoms with Crippen molar-refractivity contribution >= 4 is 5.97 Å². The van der Waals surface area contributed by atoms with Crippen LogP contribution < -0.4 is 5.73 Å². The molecule has 5 nitrogen and oxygen atoms in total. The molecule has 0 aromatic carbocycles. The third-order valence-electron chi connectivity index (χ3n) is 2.34. The maximum absolute atomic E-state index is 12.9.